The van der Waals surface area contributed by atoms with E-state index in [1.807, 2.05) is 6.92 Å². The molecule has 1 fully saturated rings. The lowest BCUT2D eigenvalue weighted by molar-refractivity contribution is -0.145. The number of Topliss-reactive ketones (excluding diaryl/α,β-unsaturated/α-hetero) is 1. The van der Waals surface area contributed by atoms with Gasteiger partial charge in [0.1, 0.15) is 0 Å². The van der Waals surface area contributed by atoms with Crippen LogP contribution in [0.1, 0.15) is 26.7 Å². The number of rotatable bonds is 5. The van der Waals surface area contributed by atoms with Crippen molar-refractivity contribution in [1.29, 1.82) is 0 Å². The van der Waals surface area contributed by atoms with Crippen LogP contribution in [0.3, 0.4) is 0 Å². The molecule has 0 radical (unpaired) electrons. The zero-order chi connectivity index (χ0) is 16.3. The fourth-order valence-corrected chi connectivity index (χ4v) is 2.38. The highest BCUT2D eigenvalue weighted by Gasteiger charge is 2.48. The molecular formula is C16H18N2O4. The van der Waals surface area contributed by atoms with Crippen molar-refractivity contribution in [2.45, 2.75) is 26.7 Å². The first-order chi connectivity index (χ1) is 10.5. The van der Waals surface area contributed by atoms with Crippen LogP contribution in [0.4, 0.5) is 10.5 Å². The van der Waals surface area contributed by atoms with Crippen molar-refractivity contribution in [2.24, 2.45) is 5.92 Å². The van der Waals surface area contributed by atoms with Gasteiger partial charge in [0.05, 0.1) is 5.69 Å². The van der Waals surface area contributed by atoms with Gasteiger partial charge < -0.3 is 0 Å². The van der Waals surface area contributed by atoms with Crippen LogP contribution in [0.5, 0.6) is 0 Å². The monoisotopic (exact) mass is 302 g/mol. The molecule has 1 aromatic rings. The maximum atomic E-state index is 12.5. The summed E-state index contributed by atoms with van der Waals surface area (Å²) in [5.74, 6) is -3.48. The van der Waals surface area contributed by atoms with E-state index in [4.69, 9.17) is 0 Å². The second-order valence-electron chi connectivity index (χ2n) is 5.18. The van der Waals surface area contributed by atoms with E-state index in [1.165, 1.54) is 6.92 Å². The van der Waals surface area contributed by atoms with Crippen LogP contribution < -0.4 is 4.90 Å². The van der Waals surface area contributed by atoms with Crippen LogP contribution >= 0.6 is 0 Å². The Balaban J connectivity index is 2.43. The Labute approximate surface area is 128 Å². The minimum absolute atomic E-state index is 0.203. The number of hydrogen-bond acceptors (Lipinski definition) is 4. The molecule has 6 heteroatoms. The number of urea groups is 1. The number of carbonyl (C=O) groups is 4. The van der Waals surface area contributed by atoms with Crippen LogP contribution in [0.2, 0.25) is 0 Å². The quantitative estimate of drug-likeness (QED) is 0.780. The number of imide groups is 2. The van der Waals surface area contributed by atoms with Crippen LogP contribution in [0.15, 0.2) is 30.3 Å². The normalized spacial score (nSPS) is 18.8. The molecule has 0 bridgehead atoms. The molecule has 1 aliphatic heterocycles. The summed E-state index contributed by atoms with van der Waals surface area (Å²) < 4.78 is 0. The summed E-state index contributed by atoms with van der Waals surface area (Å²) in [6.07, 6.45) is 1.42. The molecule has 6 nitrogen and oxygen atoms in total. The Morgan fingerprint density at radius 3 is 2.27 bits per heavy atom. The molecule has 0 spiro atoms. The van der Waals surface area contributed by atoms with Crippen LogP contribution in [0.25, 0.3) is 0 Å². The minimum atomic E-state index is -1.44. The minimum Gasteiger partial charge on any atom is -0.299 e. The van der Waals surface area contributed by atoms with Crippen molar-refractivity contribution >= 4 is 29.3 Å². The number of carbonyl (C=O) groups excluding carboxylic acids is 4. The second-order valence-corrected chi connectivity index (χ2v) is 5.18. The molecule has 1 atom stereocenters. The van der Waals surface area contributed by atoms with Crippen molar-refractivity contribution in [3.63, 3.8) is 0 Å². The molecule has 2 rings (SSSR count). The number of barbiturate groups is 1. The van der Waals surface area contributed by atoms with E-state index in [-0.39, 0.29) is 6.54 Å². The molecule has 22 heavy (non-hydrogen) atoms. The van der Waals surface area contributed by atoms with Crippen LogP contribution in [-0.4, -0.2) is 35.1 Å². The number of amides is 4. The van der Waals surface area contributed by atoms with Gasteiger partial charge in [0.15, 0.2) is 11.7 Å². The van der Waals surface area contributed by atoms with E-state index in [0.29, 0.717) is 12.1 Å². The van der Waals surface area contributed by atoms with Crippen molar-refractivity contribution in [3.8, 4) is 0 Å². The van der Waals surface area contributed by atoms with Crippen molar-refractivity contribution in [1.82, 2.24) is 4.90 Å². The Kier molecular flexibility index (Phi) is 4.70. The summed E-state index contributed by atoms with van der Waals surface area (Å²) in [4.78, 5) is 50.9. The first kappa shape index (κ1) is 15.9. The number of hydrogen-bond donors (Lipinski definition) is 0. The summed E-state index contributed by atoms with van der Waals surface area (Å²) >= 11 is 0. The Morgan fingerprint density at radius 2 is 1.73 bits per heavy atom. The van der Waals surface area contributed by atoms with Crippen molar-refractivity contribution in [2.75, 3.05) is 11.4 Å². The molecule has 1 aromatic carbocycles. The highest BCUT2D eigenvalue weighted by molar-refractivity contribution is 6.34. The second kappa shape index (κ2) is 6.51. The van der Waals surface area contributed by atoms with Gasteiger partial charge in [-0.05, 0) is 25.5 Å². The number of benzene rings is 1. The Hall–Kier alpha value is -2.50. The van der Waals surface area contributed by atoms with Gasteiger partial charge in [-0.3, -0.25) is 19.3 Å². The molecule has 4 amide bonds. The zero-order valence-electron chi connectivity index (χ0n) is 12.6. The number of unbranched alkanes of at least 4 members (excludes halogenated alkanes) is 1. The molecule has 0 N–H and O–H groups in total. The van der Waals surface area contributed by atoms with E-state index in [0.717, 1.165) is 16.2 Å². The van der Waals surface area contributed by atoms with Gasteiger partial charge >= 0.3 is 6.03 Å². The van der Waals surface area contributed by atoms with E-state index in [1.54, 1.807) is 30.3 Å². The molecular weight excluding hydrogens is 284 g/mol. The van der Waals surface area contributed by atoms with Gasteiger partial charge in [0.25, 0.3) is 11.8 Å². The maximum absolute atomic E-state index is 12.5. The Bertz CT molecular complexity index is 612. The van der Waals surface area contributed by atoms with Crippen LogP contribution in [0, 0.1) is 5.92 Å². The van der Waals surface area contributed by atoms with E-state index < -0.39 is 29.5 Å². The molecule has 1 aliphatic rings. The van der Waals surface area contributed by atoms with Gasteiger partial charge in [0, 0.05) is 6.54 Å². The molecule has 0 aliphatic carbocycles. The maximum Gasteiger partial charge on any atom is 0.338 e. The summed E-state index contributed by atoms with van der Waals surface area (Å²) in [6.45, 7) is 3.33. The average Bonchev–Trinajstić information content (AvgIpc) is 2.48. The van der Waals surface area contributed by atoms with Gasteiger partial charge in [-0.15, -0.1) is 0 Å². The van der Waals surface area contributed by atoms with Gasteiger partial charge in [-0.1, -0.05) is 31.5 Å². The van der Waals surface area contributed by atoms with Crippen molar-refractivity contribution in [3.05, 3.63) is 30.3 Å². The predicted octanol–water partition coefficient (Wildman–Crippen LogP) is 1.99. The fraction of sp³-hybridized carbons (Fsp3) is 0.375. The third kappa shape index (κ3) is 2.77. The third-order valence-corrected chi connectivity index (χ3v) is 3.56. The topological polar surface area (TPSA) is 74.8 Å². The summed E-state index contributed by atoms with van der Waals surface area (Å²) in [6, 6.07) is 7.63. The molecule has 1 heterocycles. The number of nitrogens with zero attached hydrogens (tertiary/aromatic N) is 2. The van der Waals surface area contributed by atoms with E-state index >= 15 is 0 Å². The fourth-order valence-electron chi connectivity index (χ4n) is 2.38. The standard InChI is InChI=1S/C16H18N2O4/c1-3-4-10-17-14(20)13(11(2)19)15(21)18(16(17)22)12-8-6-5-7-9-12/h5-9,13H,3-4,10H2,1-2H3. The predicted molar refractivity (Wildman–Crippen MR) is 80.1 cm³/mol. The summed E-state index contributed by atoms with van der Waals surface area (Å²) in [5.41, 5.74) is 0.359. The van der Waals surface area contributed by atoms with E-state index in [9.17, 15) is 19.2 Å². The lowest BCUT2D eigenvalue weighted by Crippen LogP contribution is -2.61. The SMILES string of the molecule is CCCCN1C(=O)C(C(C)=O)C(=O)N(c2ccccc2)C1=O. The van der Waals surface area contributed by atoms with Gasteiger partial charge in [0.2, 0.25) is 0 Å². The summed E-state index contributed by atoms with van der Waals surface area (Å²) in [5, 5.41) is 0. The molecule has 0 saturated carbocycles. The summed E-state index contributed by atoms with van der Waals surface area (Å²) in [7, 11) is 0. The highest BCUT2D eigenvalue weighted by atomic mass is 16.2. The zero-order valence-corrected chi connectivity index (χ0v) is 12.6. The smallest absolute Gasteiger partial charge is 0.299 e. The lowest BCUT2D eigenvalue weighted by Gasteiger charge is -2.36. The van der Waals surface area contributed by atoms with Gasteiger partial charge in [-0.25, -0.2) is 9.69 Å². The van der Waals surface area contributed by atoms with Gasteiger partial charge in [-0.2, -0.15) is 0 Å². The Morgan fingerprint density at radius 1 is 1.09 bits per heavy atom. The van der Waals surface area contributed by atoms with Crippen molar-refractivity contribution < 1.29 is 19.2 Å². The average molecular weight is 302 g/mol. The number of para-hydroxylation sites is 1. The molecule has 0 aromatic heterocycles. The molecule has 1 unspecified atom stereocenters. The number of anilines is 1. The molecule has 1 saturated heterocycles. The number of ketones is 1. The third-order valence-electron chi connectivity index (χ3n) is 3.56. The lowest BCUT2D eigenvalue weighted by atomic mass is 9.98. The first-order valence-corrected chi connectivity index (χ1v) is 7.23. The largest absolute Gasteiger partial charge is 0.338 e. The van der Waals surface area contributed by atoms with Crippen LogP contribution in [-0.2, 0) is 14.4 Å². The molecule has 116 valence electrons. The first-order valence-electron chi connectivity index (χ1n) is 7.23. The van der Waals surface area contributed by atoms with E-state index in [2.05, 4.69) is 0 Å². The highest BCUT2D eigenvalue weighted by Crippen LogP contribution is 2.25.